The monoisotopic (exact) mass is 951 g/mol. The lowest BCUT2D eigenvalue weighted by molar-refractivity contribution is -0.384. The van der Waals surface area contributed by atoms with Crippen LogP contribution < -0.4 is 37.1 Å². The van der Waals surface area contributed by atoms with Crippen LogP contribution in [0.3, 0.4) is 0 Å². The number of rotatable bonds is 21. The third-order valence-corrected chi connectivity index (χ3v) is 10.7. The minimum absolute atomic E-state index is 0.0290. The van der Waals surface area contributed by atoms with Crippen molar-refractivity contribution in [2.45, 2.75) is 96.6 Å². The fourth-order valence-corrected chi connectivity index (χ4v) is 7.36. The maximum Gasteiger partial charge on any atom is 0.514 e. The number of urea groups is 1. The Morgan fingerprint density at radius 2 is 1.35 bits per heavy atom. The van der Waals surface area contributed by atoms with Crippen molar-refractivity contribution in [2.24, 2.45) is 11.7 Å². The van der Waals surface area contributed by atoms with Crippen molar-refractivity contribution in [2.75, 3.05) is 18.5 Å². The number of benzene rings is 4. The number of hydrogen-bond donors (Lipinski definition) is 6. The van der Waals surface area contributed by atoms with E-state index in [9.17, 15) is 43.7 Å². The number of amides is 6. The summed E-state index contributed by atoms with van der Waals surface area (Å²) in [6.45, 7) is 8.26. The molecule has 366 valence electrons. The second-order valence-electron chi connectivity index (χ2n) is 17.5. The van der Waals surface area contributed by atoms with Gasteiger partial charge in [-0.15, -0.1) is 0 Å². The summed E-state index contributed by atoms with van der Waals surface area (Å²) in [5, 5.41) is 24.0. The Morgan fingerprint density at radius 1 is 0.739 bits per heavy atom. The average molecular weight is 952 g/mol. The van der Waals surface area contributed by atoms with Gasteiger partial charge in [-0.3, -0.25) is 29.3 Å². The first kappa shape index (κ1) is 51.9. The Bertz CT molecular complexity index is 2450. The van der Waals surface area contributed by atoms with Crippen LogP contribution in [0.15, 0.2) is 97.1 Å². The third kappa shape index (κ3) is 15.8. The highest BCUT2D eigenvalue weighted by molar-refractivity contribution is 5.99. The van der Waals surface area contributed by atoms with Gasteiger partial charge in [0.2, 0.25) is 17.7 Å². The number of anilines is 1. The highest BCUT2D eigenvalue weighted by atomic mass is 16.7. The number of esters is 1. The molecule has 0 saturated heterocycles. The lowest BCUT2D eigenvalue weighted by atomic mass is 9.98. The van der Waals surface area contributed by atoms with Crippen LogP contribution >= 0.6 is 0 Å². The maximum absolute atomic E-state index is 14.0. The molecule has 7 N–H and O–H groups in total. The molecule has 20 heteroatoms. The molecule has 1 aliphatic carbocycles. The topological polar surface area (TPSA) is 286 Å². The fraction of sp³-hybridized carbons (Fsp3) is 0.367. The molecule has 0 aliphatic heterocycles. The molecule has 6 amide bonds. The minimum Gasteiger partial charge on any atom is -0.460 e. The highest BCUT2D eigenvalue weighted by Gasteiger charge is 2.34. The molecule has 0 saturated carbocycles. The van der Waals surface area contributed by atoms with Crippen molar-refractivity contribution < 1.29 is 57.4 Å². The summed E-state index contributed by atoms with van der Waals surface area (Å²) >= 11 is 0. The van der Waals surface area contributed by atoms with Crippen LogP contribution in [0.2, 0.25) is 0 Å². The first-order valence-electron chi connectivity index (χ1n) is 22.2. The highest BCUT2D eigenvalue weighted by Crippen LogP contribution is 2.44. The zero-order valence-corrected chi connectivity index (χ0v) is 38.9. The molecule has 3 unspecified atom stereocenters. The maximum atomic E-state index is 14.0. The largest absolute Gasteiger partial charge is 0.514 e. The molecule has 20 nitrogen and oxygen atoms in total. The van der Waals surface area contributed by atoms with Gasteiger partial charge in [0, 0.05) is 36.7 Å². The van der Waals surface area contributed by atoms with Gasteiger partial charge >= 0.3 is 24.2 Å². The molecule has 0 radical (unpaired) electrons. The van der Waals surface area contributed by atoms with Crippen molar-refractivity contribution >= 4 is 53.3 Å². The molecule has 0 heterocycles. The predicted octanol–water partition coefficient (Wildman–Crippen LogP) is 6.35. The molecule has 1 aliphatic rings. The number of nitrogens with zero attached hydrogens (tertiary/aromatic N) is 1. The minimum atomic E-state index is -1.35. The SMILES string of the molecule is CC(C)C(NC(=O)C(CCC(=O)OC(C)(C)C)NC(=O)OCC1c2ccccc2-c2ccccc21)C(=O)NC(CCCNC(N)=O)C(=O)Nc1ccc(COC(=O)Oc2ccc([N+](=O)[O-])cc2)cc1. The lowest BCUT2D eigenvalue weighted by Gasteiger charge is -2.27. The van der Waals surface area contributed by atoms with Crippen LogP contribution in [-0.4, -0.2) is 83.8 Å². The van der Waals surface area contributed by atoms with Crippen molar-refractivity contribution in [3.8, 4) is 16.9 Å². The molecule has 69 heavy (non-hydrogen) atoms. The van der Waals surface area contributed by atoms with Gasteiger partial charge < -0.3 is 51.3 Å². The van der Waals surface area contributed by atoms with Gasteiger partial charge in [0.1, 0.15) is 42.7 Å². The Balaban J connectivity index is 1.23. The summed E-state index contributed by atoms with van der Waals surface area (Å²) in [5.74, 6) is -3.55. The number of carbonyl (C=O) groups excluding carboxylic acids is 7. The smallest absolute Gasteiger partial charge is 0.460 e. The van der Waals surface area contributed by atoms with E-state index in [-0.39, 0.29) is 62.8 Å². The van der Waals surface area contributed by atoms with Crippen molar-refractivity contribution in [3.63, 3.8) is 0 Å². The standard InChI is InChI=1S/C49H57N7O13/c1-29(2)42(55-44(59)40(24-25-41(57)69-49(3,4)5)54-47(62)66-28-38-36-13-8-6-11-34(36)35-12-7-9-14-37(35)38)45(60)53-39(15-10-26-51-46(50)61)43(58)52-31-18-16-30(17-19-31)27-67-48(63)68-33-22-20-32(21-23-33)56(64)65/h6-9,11-14,16-23,29,38-40,42H,10,15,24-28H2,1-5H3,(H,52,58)(H,53,60)(H,54,62)(H,55,59)(H3,50,51,61). The van der Waals surface area contributed by atoms with Gasteiger partial charge in [-0.1, -0.05) is 74.5 Å². The summed E-state index contributed by atoms with van der Waals surface area (Å²) in [6, 6.07) is 22.1. The van der Waals surface area contributed by atoms with E-state index < -0.39 is 76.5 Å². The second kappa shape index (κ2) is 24.1. The van der Waals surface area contributed by atoms with E-state index in [1.54, 1.807) is 46.8 Å². The van der Waals surface area contributed by atoms with Gasteiger partial charge in [-0.2, -0.15) is 0 Å². The number of nitro groups is 1. The molecule has 0 aromatic heterocycles. The molecule has 0 spiro atoms. The van der Waals surface area contributed by atoms with Gasteiger partial charge in [-0.05, 0) is 98.0 Å². The Morgan fingerprint density at radius 3 is 1.93 bits per heavy atom. The fourth-order valence-electron chi connectivity index (χ4n) is 7.36. The zero-order chi connectivity index (χ0) is 50.3. The number of non-ortho nitro benzene ring substituents is 1. The number of hydrogen-bond acceptors (Lipinski definition) is 13. The summed E-state index contributed by atoms with van der Waals surface area (Å²) in [7, 11) is 0. The molecule has 3 atom stereocenters. The van der Waals surface area contributed by atoms with E-state index in [0.29, 0.717) is 11.3 Å². The van der Waals surface area contributed by atoms with E-state index in [0.717, 1.165) is 22.3 Å². The van der Waals surface area contributed by atoms with E-state index in [1.165, 1.54) is 36.4 Å². The summed E-state index contributed by atoms with van der Waals surface area (Å²) in [4.78, 5) is 102. The van der Waals surface area contributed by atoms with Gasteiger partial charge in [0.05, 0.1) is 4.92 Å². The number of nitro benzene ring substituents is 1. The molecule has 0 fully saturated rings. The molecule has 4 aromatic rings. The van der Waals surface area contributed by atoms with E-state index in [1.807, 2.05) is 48.5 Å². The number of alkyl carbamates (subject to hydrolysis) is 1. The van der Waals surface area contributed by atoms with Crippen LogP contribution in [0.1, 0.15) is 82.9 Å². The zero-order valence-electron chi connectivity index (χ0n) is 38.9. The van der Waals surface area contributed by atoms with Crippen LogP contribution in [0.4, 0.5) is 25.8 Å². The summed E-state index contributed by atoms with van der Waals surface area (Å²) in [6.07, 6.45) is -2.19. The van der Waals surface area contributed by atoms with Crippen molar-refractivity contribution in [1.29, 1.82) is 0 Å². The number of nitrogens with two attached hydrogens (primary N) is 1. The van der Waals surface area contributed by atoms with Crippen LogP contribution in [-0.2, 0) is 40.0 Å². The first-order chi connectivity index (χ1) is 32.8. The first-order valence-corrected chi connectivity index (χ1v) is 22.2. The van der Waals surface area contributed by atoms with Crippen LogP contribution in [0, 0.1) is 16.0 Å². The summed E-state index contributed by atoms with van der Waals surface area (Å²) < 4.78 is 21.3. The van der Waals surface area contributed by atoms with Gasteiger partial charge in [0.15, 0.2) is 0 Å². The molecule has 5 rings (SSSR count). The van der Waals surface area contributed by atoms with Crippen LogP contribution in [0.25, 0.3) is 11.1 Å². The molecule has 0 bridgehead atoms. The molecule has 4 aromatic carbocycles. The molecular formula is C49H57N7O13. The number of primary amides is 1. The molecular weight excluding hydrogens is 895 g/mol. The van der Waals surface area contributed by atoms with Gasteiger partial charge in [-0.25, -0.2) is 14.4 Å². The third-order valence-electron chi connectivity index (χ3n) is 10.7. The normalized spacial score (nSPS) is 13.0. The van der Waals surface area contributed by atoms with E-state index >= 15 is 0 Å². The Kier molecular flexibility index (Phi) is 18.2. The van der Waals surface area contributed by atoms with Crippen molar-refractivity contribution in [1.82, 2.24) is 21.3 Å². The number of nitrogens with one attached hydrogen (secondary N) is 5. The predicted molar refractivity (Wildman–Crippen MR) is 252 cm³/mol. The lowest BCUT2D eigenvalue weighted by Crippen LogP contribution is -2.58. The van der Waals surface area contributed by atoms with E-state index in [2.05, 4.69) is 26.6 Å². The Hall–Kier alpha value is -8.03. The Labute approximate surface area is 398 Å². The number of ether oxygens (including phenoxy) is 4. The average Bonchev–Trinajstić information content (AvgIpc) is 3.62. The quantitative estimate of drug-likeness (QED) is 0.0133. The van der Waals surface area contributed by atoms with Crippen LogP contribution in [0.5, 0.6) is 5.75 Å². The van der Waals surface area contributed by atoms with Gasteiger partial charge in [0.25, 0.3) is 5.69 Å². The summed E-state index contributed by atoms with van der Waals surface area (Å²) in [5.41, 5.74) is 9.08. The van der Waals surface area contributed by atoms with E-state index in [4.69, 9.17) is 24.7 Å². The second-order valence-corrected chi connectivity index (χ2v) is 17.5. The number of fused-ring (bicyclic) bond motifs is 3. The van der Waals surface area contributed by atoms with Crippen molar-refractivity contribution in [3.05, 3.63) is 124 Å². The number of carbonyl (C=O) groups is 7.